The van der Waals surface area contributed by atoms with Gasteiger partial charge in [0.1, 0.15) is 0 Å². The largest absolute Gasteiger partial charge is 0.459 e. The number of benzene rings is 1. The fraction of sp³-hybridized carbons (Fsp3) is 0.222. The highest BCUT2D eigenvalue weighted by Crippen LogP contribution is 2.16. The predicted molar refractivity (Wildman–Crippen MR) is 104 cm³/mol. The summed E-state index contributed by atoms with van der Waals surface area (Å²) in [4.78, 5) is 35.5. The summed E-state index contributed by atoms with van der Waals surface area (Å²) in [5.74, 6) is -1.17. The van der Waals surface area contributed by atoms with Crippen LogP contribution in [0.1, 0.15) is 34.5 Å². The van der Waals surface area contributed by atoms with Gasteiger partial charge in [-0.1, -0.05) is 12.1 Å². The molecule has 0 atom stereocenters. The molecule has 0 aliphatic heterocycles. The van der Waals surface area contributed by atoms with Gasteiger partial charge in [-0.05, 0) is 55.4 Å². The molecule has 9 heteroatoms. The minimum Gasteiger partial charge on any atom is -0.459 e. The van der Waals surface area contributed by atoms with Crippen molar-refractivity contribution in [2.75, 3.05) is 5.32 Å². The summed E-state index contributed by atoms with van der Waals surface area (Å²) in [5, 5.41) is 5.03. The Morgan fingerprint density at radius 3 is 2.48 bits per heavy atom. The molecule has 0 unspecified atom stereocenters. The number of anilines is 1. The van der Waals surface area contributed by atoms with E-state index < -0.39 is 11.8 Å². The van der Waals surface area contributed by atoms with Crippen molar-refractivity contribution in [3.8, 4) is 0 Å². The molecule has 142 valence electrons. The van der Waals surface area contributed by atoms with E-state index in [4.69, 9.17) is 16.6 Å². The summed E-state index contributed by atoms with van der Waals surface area (Å²) in [6.45, 7) is 3.82. The van der Waals surface area contributed by atoms with Crippen molar-refractivity contribution in [2.45, 2.75) is 26.7 Å². The van der Waals surface area contributed by atoms with E-state index in [1.165, 1.54) is 12.3 Å². The molecule has 0 aliphatic carbocycles. The molecule has 0 bridgehead atoms. The first kappa shape index (κ1) is 20.1. The summed E-state index contributed by atoms with van der Waals surface area (Å²) in [6, 6.07) is 8.79. The number of rotatable bonds is 5. The van der Waals surface area contributed by atoms with Gasteiger partial charge >= 0.3 is 0 Å². The number of furan rings is 1. The first-order valence-corrected chi connectivity index (χ1v) is 8.57. The topological polar surface area (TPSA) is 112 Å². The van der Waals surface area contributed by atoms with Gasteiger partial charge in [0.05, 0.1) is 6.26 Å². The van der Waals surface area contributed by atoms with Crippen molar-refractivity contribution in [1.82, 2.24) is 16.2 Å². The van der Waals surface area contributed by atoms with E-state index in [9.17, 15) is 14.4 Å². The highest BCUT2D eigenvalue weighted by molar-refractivity contribution is 7.80. The Balaban J connectivity index is 1.69. The Kier molecular flexibility index (Phi) is 7.07. The van der Waals surface area contributed by atoms with E-state index in [1.807, 2.05) is 32.0 Å². The zero-order chi connectivity index (χ0) is 19.8. The molecule has 0 aliphatic rings. The maximum Gasteiger partial charge on any atom is 0.293 e. The van der Waals surface area contributed by atoms with Crippen molar-refractivity contribution in [2.24, 2.45) is 0 Å². The van der Waals surface area contributed by atoms with Gasteiger partial charge in [-0.3, -0.25) is 30.6 Å². The number of thiocarbonyl (C=S) groups is 1. The van der Waals surface area contributed by atoms with Crippen LogP contribution in [0.3, 0.4) is 0 Å². The Bertz CT molecular complexity index is 849. The number of carbonyl (C=O) groups is 3. The molecule has 8 nitrogen and oxygen atoms in total. The Labute approximate surface area is 161 Å². The number of amides is 3. The van der Waals surface area contributed by atoms with Gasteiger partial charge in [0, 0.05) is 18.5 Å². The van der Waals surface area contributed by atoms with Gasteiger partial charge in [-0.15, -0.1) is 0 Å². The van der Waals surface area contributed by atoms with Crippen LogP contribution in [0, 0.1) is 13.8 Å². The van der Waals surface area contributed by atoms with Crippen LogP contribution >= 0.6 is 12.2 Å². The van der Waals surface area contributed by atoms with E-state index in [-0.39, 0.29) is 29.6 Å². The molecule has 0 spiro atoms. The smallest absolute Gasteiger partial charge is 0.293 e. The average Bonchev–Trinajstić information content (AvgIpc) is 3.16. The lowest BCUT2D eigenvalue weighted by Gasteiger charge is -2.11. The van der Waals surface area contributed by atoms with Gasteiger partial charge in [0.2, 0.25) is 11.8 Å². The molecule has 1 aromatic heterocycles. The van der Waals surface area contributed by atoms with Gasteiger partial charge in [0.15, 0.2) is 10.9 Å². The van der Waals surface area contributed by atoms with Gasteiger partial charge < -0.3 is 9.73 Å². The molecular formula is C18H20N4O4S. The number of carbonyl (C=O) groups excluding carboxylic acids is 3. The molecule has 3 amide bonds. The average molecular weight is 388 g/mol. The molecule has 0 saturated heterocycles. The number of nitrogens with one attached hydrogen (secondary N) is 4. The van der Waals surface area contributed by atoms with Gasteiger partial charge in [-0.2, -0.15) is 0 Å². The number of hydrogen-bond acceptors (Lipinski definition) is 5. The maximum atomic E-state index is 12.0. The van der Waals surface area contributed by atoms with E-state index >= 15 is 0 Å². The first-order chi connectivity index (χ1) is 12.8. The van der Waals surface area contributed by atoms with Crippen LogP contribution in [0.15, 0.2) is 41.0 Å². The summed E-state index contributed by atoms with van der Waals surface area (Å²) in [6.07, 6.45) is 1.32. The van der Waals surface area contributed by atoms with Crippen LogP contribution < -0.4 is 21.5 Å². The molecule has 27 heavy (non-hydrogen) atoms. The SMILES string of the molecule is Cc1ccc(C)c(NC(=O)CCC(=O)NNC(=S)NC(=O)c2ccco2)c1. The number of hydrazine groups is 1. The van der Waals surface area contributed by atoms with Crippen LogP contribution in [0.4, 0.5) is 5.69 Å². The molecule has 4 N–H and O–H groups in total. The van der Waals surface area contributed by atoms with E-state index in [1.54, 1.807) is 6.07 Å². The summed E-state index contributed by atoms with van der Waals surface area (Å²) >= 11 is 4.89. The minimum absolute atomic E-state index is 0.00636. The highest BCUT2D eigenvalue weighted by atomic mass is 32.1. The van der Waals surface area contributed by atoms with Crippen molar-refractivity contribution in [3.05, 3.63) is 53.5 Å². The lowest BCUT2D eigenvalue weighted by Crippen LogP contribution is -2.48. The number of hydrogen-bond donors (Lipinski definition) is 4. The molecule has 0 radical (unpaired) electrons. The van der Waals surface area contributed by atoms with Crippen LogP contribution in [0.25, 0.3) is 0 Å². The standard InChI is InChI=1S/C18H20N4O4S/c1-11-5-6-12(2)13(10-11)19-15(23)7-8-16(24)21-22-18(27)20-17(25)14-4-3-9-26-14/h3-6,9-10H,7-8H2,1-2H3,(H,19,23)(H,21,24)(H2,20,22,25,27). The maximum absolute atomic E-state index is 12.0. The first-order valence-electron chi connectivity index (χ1n) is 8.16. The third-order valence-electron chi connectivity index (χ3n) is 3.53. The third-order valence-corrected chi connectivity index (χ3v) is 3.74. The fourth-order valence-electron chi connectivity index (χ4n) is 2.10. The Morgan fingerprint density at radius 1 is 1.04 bits per heavy atom. The molecule has 0 fully saturated rings. The second kappa shape index (κ2) is 9.48. The molecule has 2 aromatic rings. The molecule has 1 aromatic carbocycles. The molecule has 1 heterocycles. The molecular weight excluding hydrogens is 368 g/mol. The van der Waals surface area contributed by atoms with Gasteiger partial charge in [0.25, 0.3) is 5.91 Å². The van der Waals surface area contributed by atoms with E-state index in [0.29, 0.717) is 0 Å². The van der Waals surface area contributed by atoms with Crippen molar-refractivity contribution >= 4 is 40.7 Å². The zero-order valence-electron chi connectivity index (χ0n) is 14.9. The van der Waals surface area contributed by atoms with Crippen molar-refractivity contribution < 1.29 is 18.8 Å². The Morgan fingerprint density at radius 2 is 1.78 bits per heavy atom. The second-order valence-corrected chi connectivity index (χ2v) is 6.21. The fourth-order valence-corrected chi connectivity index (χ4v) is 2.25. The molecule has 2 rings (SSSR count). The summed E-state index contributed by atoms with van der Waals surface area (Å²) < 4.78 is 4.92. The number of aryl methyl sites for hydroxylation is 2. The highest BCUT2D eigenvalue weighted by Gasteiger charge is 2.12. The van der Waals surface area contributed by atoms with Crippen molar-refractivity contribution in [1.29, 1.82) is 0 Å². The zero-order valence-corrected chi connectivity index (χ0v) is 15.7. The lowest BCUT2D eigenvalue weighted by molar-refractivity contribution is -0.124. The van der Waals surface area contributed by atoms with Gasteiger partial charge in [-0.25, -0.2) is 0 Å². The van der Waals surface area contributed by atoms with Crippen molar-refractivity contribution in [3.63, 3.8) is 0 Å². The molecule has 0 saturated carbocycles. The van der Waals surface area contributed by atoms with Crippen LogP contribution in [0.5, 0.6) is 0 Å². The Hall–Kier alpha value is -3.20. The normalized spacial score (nSPS) is 10.0. The quantitative estimate of drug-likeness (QED) is 0.460. The summed E-state index contributed by atoms with van der Waals surface area (Å²) in [7, 11) is 0. The monoisotopic (exact) mass is 388 g/mol. The van der Waals surface area contributed by atoms with Crippen LogP contribution in [0.2, 0.25) is 0 Å². The summed E-state index contributed by atoms with van der Waals surface area (Å²) in [5.41, 5.74) is 7.40. The van der Waals surface area contributed by atoms with Crippen LogP contribution in [-0.2, 0) is 9.59 Å². The van der Waals surface area contributed by atoms with Crippen LogP contribution in [-0.4, -0.2) is 22.8 Å². The van der Waals surface area contributed by atoms with E-state index in [0.717, 1.165) is 16.8 Å². The predicted octanol–water partition coefficient (Wildman–Crippen LogP) is 1.95. The minimum atomic E-state index is -0.542. The second-order valence-electron chi connectivity index (χ2n) is 5.80. The third kappa shape index (κ3) is 6.55. The van der Waals surface area contributed by atoms with E-state index in [2.05, 4.69) is 21.5 Å². The lowest BCUT2D eigenvalue weighted by atomic mass is 10.1.